The first-order chi connectivity index (χ1) is 28.2. The van der Waals surface area contributed by atoms with Gasteiger partial charge in [0, 0.05) is 30.4 Å². The normalized spacial score (nSPS) is 23.1. The van der Waals surface area contributed by atoms with Crippen molar-refractivity contribution in [2.45, 2.75) is 96.6 Å². The van der Waals surface area contributed by atoms with Crippen LogP contribution in [0.25, 0.3) is 28.1 Å². The minimum Gasteiger partial charge on any atom is -0.453 e. The third-order valence-electron chi connectivity index (χ3n) is 12.4. The van der Waals surface area contributed by atoms with Crippen LogP contribution >= 0.6 is 0 Å². The number of carbonyl (C=O) groups is 4. The molecule has 0 aliphatic carbocycles. The van der Waals surface area contributed by atoms with Crippen molar-refractivity contribution in [3.8, 4) is 33.9 Å². The van der Waals surface area contributed by atoms with Crippen LogP contribution in [-0.2, 0) is 24.6 Å². The predicted octanol–water partition coefficient (Wildman–Crippen LogP) is 5.27. The molecule has 5 N–H and O–H groups in total. The van der Waals surface area contributed by atoms with Gasteiger partial charge in [-0.1, -0.05) is 52.0 Å². The summed E-state index contributed by atoms with van der Waals surface area (Å²) in [6.45, 7) is 12.9. The number of likely N-dealkylation sites (tertiary alicyclic amines) is 2. The quantitative estimate of drug-likeness (QED) is 0.170. The van der Waals surface area contributed by atoms with Crippen LogP contribution in [-0.4, -0.2) is 102 Å². The maximum Gasteiger partial charge on any atom is 0.407 e. The van der Waals surface area contributed by atoms with Crippen LogP contribution in [0.2, 0.25) is 0 Å². The molecule has 0 spiro atoms. The first-order valence-electron chi connectivity index (χ1n) is 20.3. The van der Waals surface area contributed by atoms with Crippen LogP contribution < -0.4 is 30.7 Å². The Morgan fingerprint density at radius 3 is 1.98 bits per heavy atom. The van der Waals surface area contributed by atoms with Gasteiger partial charge in [0.25, 0.3) is 0 Å². The topological polar surface area (TPSA) is 188 Å². The van der Waals surface area contributed by atoms with E-state index in [1.165, 1.54) is 14.2 Å². The number of carbonyl (C=O) groups excluding carboxylic acids is 4. The van der Waals surface area contributed by atoms with E-state index >= 15 is 0 Å². The van der Waals surface area contributed by atoms with Gasteiger partial charge in [-0.25, -0.2) is 14.6 Å². The largest absolute Gasteiger partial charge is 0.453 e. The summed E-state index contributed by atoms with van der Waals surface area (Å²) in [7, 11) is 2.58. The van der Waals surface area contributed by atoms with E-state index in [0.29, 0.717) is 30.4 Å². The van der Waals surface area contributed by atoms with Gasteiger partial charge in [-0.05, 0) is 74.6 Å². The highest BCUT2D eigenvalue weighted by molar-refractivity contribution is 5.88. The molecular formula is C43H56N8O8. The molecule has 16 nitrogen and oxygen atoms in total. The summed E-state index contributed by atoms with van der Waals surface area (Å²) in [5.74, 6) is 1.38. The Morgan fingerprint density at radius 2 is 1.36 bits per heavy atom. The highest BCUT2D eigenvalue weighted by Crippen LogP contribution is 2.47. The van der Waals surface area contributed by atoms with Crippen molar-refractivity contribution >= 4 is 29.7 Å². The molecule has 0 radical (unpaired) electrons. The van der Waals surface area contributed by atoms with Crippen LogP contribution in [0.4, 0.5) is 9.59 Å². The summed E-state index contributed by atoms with van der Waals surface area (Å²) in [6.07, 6.45) is 5.28. The fourth-order valence-electron chi connectivity index (χ4n) is 8.85. The Hall–Kier alpha value is -5.93. The van der Waals surface area contributed by atoms with E-state index in [-0.39, 0.29) is 36.6 Å². The molecule has 0 bridgehead atoms. The number of nitrogens with one attached hydrogen (secondary N) is 5. The molecule has 4 aliphatic rings. The fourth-order valence-corrected chi connectivity index (χ4v) is 8.85. The number of benzene rings is 2. The summed E-state index contributed by atoms with van der Waals surface area (Å²) >= 11 is 0. The van der Waals surface area contributed by atoms with Crippen molar-refractivity contribution in [2.75, 3.05) is 34.1 Å². The van der Waals surface area contributed by atoms with E-state index in [0.717, 1.165) is 59.3 Å². The Balaban J connectivity index is 1.06. The molecule has 5 atom stereocenters. The second-order valence-corrected chi connectivity index (χ2v) is 16.8. The standard InChI is InChI=1S/C43H56N8O8/c1-24(2)32(48-40(54)56-7)36(52)50-19-9-17-42(50,5)38-44-21-30(46-38)27-13-11-26(12-14-27)28-15-16-29(35-34(28)58-23-59-35)31-22-45-39(47-31)43(6)18-10-20-51(43)37(53)33(25(3)4)49-41(55)57-8/h11-16,21-22,24-25,32-33,39,45,47H,9-10,17-20,23H2,1-8H3,(H,44,46)(H,48,54)(H,49,55)/t32-,33-,39?,42-,43-/m0/s1. The second kappa shape index (κ2) is 16.4. The number of aromatic amines is 1. The predicted molar refractivity (Wildman–Crippen MR) is 220 cm³/mol. The molecule has 59 heavy (non-hydrogen) atoms. The van der Waals surface area contributed by atoms with Gasteiger partial charge >= 0.3 is 12.2 Å². The molecule has 2 fully saturated rings. The Bertz CT molecular complexity index is 2120. The number of H-pyrrole nitrogens is 1. The second-order valence-electron chi connectivity index (χ2n) is 16.8. The number of hydrogen-bond acceptors (Lipinski definition) is 11. The van der Waals surface area contributed by atoms with Gasteiger partial charge in [-0.2, -0.15) is 0 Å². The maximum absolute atomic E-state index is 13.9. The van der Waals surface area contributed by atoms with E-state index in [4.69, 9.17) is 23.9 Å². The molecule has 7 rings (SSSR count). The monoisotopic (exact) mass is 812 g/mol. The van der Waals surface area contributed by atoms with E-state index in [9.17, 15) is 19.2 Å². The zero-order valence-corrected chi connectivity index (χ0v) is 35.1. The molecule has 16 heteroatoms. The van der Waals surface area contributed by atoms with Crippen LogP contribution in [0.1, 0.15) is 78.6 Å². The van der Waals surface area contributed by atoms with Gasteiger partial charge in [0.15, 0.2) is 11.5 Å². The molecule has 2 aromatic carbocycles. The average molecular weight is 813 g/mol. The van der Waals surface area contributed by atoms with E-state index in [1.54, 1.807) is 6.20 Å². The summed E-state index contributed by atoms with van der Waals surface area (Å²) in [5.41, 5.74) is 3.96. The number of amides is 4. The summed E-state index contributed by atoms with van der Waals surface area (Å²) in [6, 6.07) is 10.7. The lowest BCUT2D eigenvalue weighted by Crippen LogP contribution is -2.63. The number of imidazole rings is 1. The molecule has 0 saturated carbocycles. The van der Waals surface area contributed by atoms with E-state index in [2.05, 4.69) is 33.2 Å². The molecular weight excluding hydrogens is 757 g/mol. The van der Waals surface area contributed by atoms with Crippen molar-refractivity contribution < 1.29 is 38.1 Å². The SMILES string of the molecule is COC(=O)N[C@H](C(=O)N1CCC[C@@]1(C)c1ncc(-c2ccc(-c3ccc(C4=CNC([C@]5(C)CCCN5C(=O)[C@@H](NC(=O)OC)C(C)C)N4)c4c3OCO4)cc2)[nH]1)C(C)C. The molecule has 5 heterocycles. The van der Waals surface area contributed by atoms with Crippen LogP contribution in [0.15, 0.2) is 48.8 Å². The van der Waals surface area contributed by atoms with Gasteiger partial charge in [0.1, 0.15) is 24.1 Å². The molecule has 1 unspecified atom stereocenters. The van der Waals surface area contributed by atoms with Crippen molar-refractivity contribution in [3.05, 3.63) is 60.2 Å². The van der Waals surface area contributed by atoms with E-state index in [1.807, 2.05) is 87.0 Å². The number of nitrogens with zero attached hydrogens (tertiary/aromatic N) is 3. The number of aromatic nitrogens is 2. The van der Waals surface area contributed by atoms with Gasteiger partial charge in [0.2, 0.25) is 18.6 Å². The number of ether oxygens (including phenoxy) is 4. The smallest absolute Gasteiger partial charge is 0.407 e. The molecule has 4 amide bonds. The van der Waals surface area contributed by atoms with Crippen LogP contribution in [0.3, 0.4) is 0 Å². The maximum atomic E-state index is 13.9. The molecule has 4 aliphatic heterocycles. The van der Waals surface area contributed by atoms with Crippen molar-refractivity contribution in [1.82, 2.24) is 41.0 Å². The molecule has 1 aromatic heterocycles. The Labute approximate surface area is 344 Å². The zero-order chi connectivity index (χ0) is 42.2. The number of rotatable bonds is 11. The van der Waals surface area contributed by atoms with Gasteiger partial charge in [-0.3, -0.25) is 9.59 Å². The number of methoxy groups -OCH3 is 2. The van der Waals surface area contributed by atoms with E-state index < -0.39 is 35.3 Å². The van der Waals surface area contributed by atoms with Crippen LogP contribution in [0, 0.1) is 11.8 Å². The average Bonchev–Trinajstić information content (AvgIpc) is 4.08. The molecule has 2 saturated heterocycles. The summed E-state index contributed by atoms with van der Waals surface area (Å²) in [5, 5.41) is 12.5. The molecule has 3 aromatic rings. The minimum absolute atomic E-state index is 0.0806. The van der Waals surface area contributed by atoms with Gasteiger partial charge < -0.3 is 55.0 Å². The number of hydrogen-bond donors (Lipinski definition) is 5. The minimum atomic E-state index is -0.725. The zero-order valence-electron chi connectivity index (χ0n) is 35.1. The highest BCUT2D eigenvalue weighted by atomic mass is 16.7. The number of alkyl carbamates (subject to hydrolysis) is 2. The van der Waals surface area contributed by atoms with Gasteiger partial charge in [-0.15, -0.1) is 0 Å². The Kier molecular flexibility index (Phi) is 11.4. The summed E-state index contributed by atoms with van der Waals surface area (Å²) < 4.78 is 21.7. The van der Waals surface area contributed by atoms with Gasteiger partial charge in [0.05, 0.1) is 42.9 Å². The van der Waals surface area contributed by atoms with Crippen molar-refractivity contribution in [2.24, 2.45) is 11.8 Å². The highest BCUT2D eigenvalue weighted by Gasteiger charge is 2.50. The first-order valence-corrected chi connectivity index (χ1v) is 20.3. The Morgan fingerprint density at radius 1 is 0.797 bits per heavy atom. The van der Waals surface area contributed by atoms with Crippen LogP contribution in [0.5, 0.6) is 11.5 Å². The van der Waals surface area contributed by atoms with Crippen molar-refractivity contribution in [3.63, 3.8) is 0 Å². The third kappa shape index (κ3) is 7.60. The lowest BCUT2D eigenvalue weighted by atomic mass is 9.92. The molecule has 316 valence electrons. The lowest BCUT2D eigenvalue weighted by molar-refractivity contribution is -0.139. The lowest BCUT2D eigenvalue weighted by Gasteiger charge is -2.42. The van der Waals surface area contributed by atoms with Crippen molar-refractivity contribution in [1.29, 1.82) is 0 Å². The summed E-state index contributed by atoms with van der Waals surface area (Å²) in [4.78, 5) is 63.8. The fraction of sp³-hybridized carbons (Fsp3) is 0.512. The third-order valence-corrected chi connectivity index (χ3v) is 12.4. The number of fused-ring (bicyclic) bond motifs is 1. The first kappa shape index (κ1) is 41.2.